The largest absolute Gasteiger partial charge is 0.399 e. The number of fused-ring (bicyclic) bond motifs is 2. The lowest BCUT2D eigenvalue weighted by atomic mass is 10.1. The van der Waals surface area contributed by atoms with Gasteiger partial charge in [-0.15, -0.1) is 0 Å². The lowest BCUT2D eigenvalue weighted by Gasteiger charge is -1.99. The van der Waals surface area contributed by atoms with E-state index in [0.717, 1.165) is 16.5 Å². The Morgan fingerprint density at radius 2 is 1.12 bits per heavy atom. The molecule has 126 valence electrons. The highest BCUT2D eigenvalue weighted by molar-refractivity contribution is 7.85. The van der Waals surface area contributed by atoms with Crippen LogP contribution >= 0.6 is 0 Å². The fourth-order valence-corrected chi connectivity index (χ4v) is 3.05. The van der Waals surface area contributed by atoms with Crippen molar-refractivity contribution in [3.05, 3.63) is 84.9 Å². The van der Waals surface area contributed by atoms with Crippen molar-refractivity contribution in [3.63, 3.8) is 0 Å². The summed E-state index contributed by atoms with van der Waals surface area (Å²) in [5.41, 5.74) is 6.45. The molecule has 0 atom stereocenters. The number of nitrogen functional groups attached to an aromatic ring is 1. The Labute approximate surface area is 146 Å². The van der Waals surface area contributed by atoms with Crippen molar-refractivity contribution < 1.29 is 13.0 Å². The number of nitrogens with two attached hydrogens (primary N) is 1. The van der Waals surface area contributed by atoms with Gasteiger partial charge in [-0.25, -0.2) is 0 Å². The highest BCUT2D eigenvalue weighted by atomic mass is 32.2. The van der Waals surface area contributed by atoms with E-state index in [1.165, 1.54) is 22.9 Å². The Bertz CT molecular complexity index is 1140. The first-order valence-corrected chi connectivity index (χ1v) is 9.08. The van der Waals surface area contributed by atoms with Crippen molar-refractivity contribution in [1.29, 1.82) is 0 Å². The molecule has 4 nitrogen and oxygen atoms in total. The van der Waals surface area contributed by atoms with Crippen LogP contribution in [0.25, 0.3) is 21.5 Å². The van der Waals surface area contributed by atoms with Crippen LogP contribution < -0.4 is 5.73 Å². The molecule has 0 spiro atoms. The minimum absolute atomic E-state index is 0.0730. The molecule has 0 bridgehead atoms. The highest BCUT2D eigenvalue weighted by Crippen LogP contribution is 2.18. The van der Waals surface area contributed by atoms with Crippen LogP contribution in [0.15, 0.2) is 89.8 Å². The predicted octanol–water partition coefficient (Wildman–Crippen LogP) is 4.51. The van der Waals surface area contributed by atoms with Crippen molar-refractivity contribution in [1.82, 2.24) is 0 Å². The van der Waals surface area contributed by atoms with Gasteiger partial charge in [0.05, 0.1) is 4.90 Å². The van der Waals surface area contributed by atoms with Crippen LogP contribution in [0, 0.1) is 0 Å². The van der Waals surface area contributed by atoms with Crippen molar-refractivity contribution in [2.75, 3.05) is 5.73 Å². The summed E-state index contributed by atoms with van der Waals surface area (Å²) < 4.78 is 30.5. The van der Waals surface area contributed by atoms with Crippen LogP contribution in [0.5, 0.6) is 0 Å². The Balaban J connectivity index is 0.000000150. The molecule has 0 amide bonds. The average molecular weight is 351 g/mol. The van der Waals surface area contributed by atoms with Crippen molar-refractivity contribution in [3.8, 4) is 0 Å². The fourth-order valence-electron chi connectivity index (χ4n) is 2.54. The van der Waals surface area contributed by atoms with E-state index in [2.05, 4.69) is 12.1 Å². The molecule has 0 heterocycles. The zero-order chi connectivity index (χ0) is 17.9. The summed E-state index contributed by atoms with van der Waals surface area (Å²) >= 11 is 0. The predicted molar refractivity (Wildman–Crippen MR) is 102 cm³/mol. The zero-order valence-corrected chi connectivity index (χ0v) is 14.1. The van der Waals surface area contributed by atoms with Gasteiger partial charge in [-0.1, -0.05) is 60.7 Å². The molecule has 4 aromatic carbocycles. The Morgan fingerprint density at radius 1 is 0.640 bits per heavy atom. The van der Waals surface area contributed by atoms with E-state index in [9.17, 15) is 8.42 Å². The van der Waals surface area contributed by atoms with E-state index in [4.69, 9.17) is 10.3 Å². The van der Waals surface area contributed by atoms with E-state index in [1.54, 1.807) is 12.1 Å². The van der Waals surface area contributed by atoms with Crippen LogP contribution in [0.3, 0.4) is 0 Å². The molecular formula is C20H17NO3S. The van der Waals surface area contributed by atoms with E-state index in [-0.39, 0.29) is 4.90 Å². The molecule has 0 fully saturated rings. The van der Waals surface area contributed by atoms with Crippen LogP contribution in [0.4, 0.5) is 5.69 Å². The summed E-state index contributed by atoms with van der Waals surface area (Å²) in [6.07, 6.45) is 0. The molecule has 5 heteroatoms. The third-order valence-corrected chi connectivity index (χ3v) is 4.64. The molecule has 0 aliphatic heterocycles. The molecule has 0 aromatic heterocycles. The second-order valence-corrected chi connectivity index (χ2v) is 7.01. The first-order chi connectivity index (χ1) is 11.9. The molecule has 4 aromatic rings. The van der Waals surface area contributed by atoms with E-state index in [0.29, 0.717) is 0 Å². The molecule has 0 unspecified atom stereocenters. The summed E-state index contributed by atoms with van der Waals surface area (Å²) in [5.74, 6) is 0. The number of anilines is 1. The van der Waals surface area contributed by atoms with Gasteiger partial charge in [-0.3, -0.25) is 4.55 Å². The highest BCUT2D eigenvalue weighted by Gasteiger charge is 2.08. The third kappa shape index (κ3) is 4.15. The van der Waals surface area contributed by atoms with Crippen LogP contribution in [-0.2, 0) is 10.1 Å². The quantitative estimate of drug-likeness (QED) is 0.390. The van der Waals surface area contributed by atoms with Gasteiger partial charge in [-0.2, -0.15) is 8.42 Å². The fraction of sp³-hybridized carbons (Fsp3) is 0. The van der Waals surface area contributed by atoms with E-state index in [1.807, 2.05) is 48.5 Å². The molecule has 0 saturated heterocycles. The third-order valence-electron chi connectivity index (χ3n) is 3.79. The second kappa shape index (κ2) is 6.93. The minimum Gasteiger partial charge on any atom is -0.399 e. The monoisotopic (exact) mass is 351 g/mol. The molecule has 0 aliphatic rings. The maximum Gasteiger partial charge on any atom is 0.294 e. The van der Waals surface area contributed by atoms with Crippen molar-refractivity contribution in [2.24, 2.45) is 0 Å². The zero-order valence-electron chi connectivity index (χ0n) is 13.3. The van der Waals surface area contributed by atoms with Gasteiger partial charge in [0.2, 0.25) is 0 Å². The van der Waals surface area contributed by atoms with Gasteiger partial charge in [0.1, 0.15) is 0 Å². The van der Waals surface area contributed by atoms with Crippen LogP contribution in [0.1, 0.15) is 0 Å². The van der Waals surface area contributed by atoms with E-state index >= 15 is 0 Å². The second-order valence-electron chi connectivity index (χ2n) is 5.59. The summed E-state index contributed by atoms with van der Waals surface area (Å²) in [7, 11) is -4.09. The first kappa shape index (κ1) is 17.0. The summed E-state index contributed by atoms with van der Waals surface area (Å²) in [6, 6.07) is 26.0. The van der Waals surface area contributed by atoms with Gasteiger partial charge in [0.15, 0.2) is 0 Å². The van der Waals surface area contributed by atoms with E-state index < -0.39 is 10.1 Å². The van der Waals surface area contributed by atoms with Crippen molar-refractivity contribution >= 4 is 37.4 Å². The SMILES string of the molecule is Nc1ccc2ccccc2c1.O=S(=O)(O)c1ccc2ccccc2c1. The van der Waals surface area contributed by atoms with Gasteiger partial charge < -0.3 is 5.73 Å². The molecule has 0 aliphatic carbocycles. The number of hydrogen-bond donors (Lipinski definition) is 2. The Hall–Kier alpha value is -2.89. The number of rotatable bonds is 1. The topological polar surface area (TPSA) is 80.4 Å². The number of benzene rings is 4. The Morgan fingerprint density at radius 3 is 1.68 bits per heavy atom. The first-order valence-electron chi connectivity index (χ1n) is 7.64. The lowest BCUT2D eigenvalue weighted by molar-refractivity contribution is 0.483. The van der Waals surface area contributed by atoms with Crippen molar-refractivity contribution in [2.45, 2.75) is 4.90 Å². The molecular weight excluding hydrogens is 334 g/mol. The summed E-state index contributed by atoms with van der Waals surface area (Å²) in [6.45, 7) is 0. The molecule has 3 N–H and O–H groups in total. The van der Waals surface area contributed by atoms with Crippen LogP contribution in [-0.4, -0.2) is 13.0 Å². The molecule has 25 heavy (non-hydrogen) atoms. The van der Waals surface area contributed by atoms with Gasteiger partial charge in [-0.05, 0) is 45.8 Å². The molecule has 4 rings (SSSR count). The summed E-state index contributed by atoms with van der Waals surface area (Å²) in [4.78, 5) is -0.0730. The van der Waals surface area contributed by atoms with Gasteiger partial charge >= 0.3 is 0 Å². The molecule has 0 radical (unpaired) electrons. The van der Waals surface area contributed by atoms with Gasteiger partial charge in [0.25, 0.3) is 10.1 Å². The maximum atomic E-state index is 10.8. The normalized spacial score (nSPS) is 11.1. The van der Waals surface area contributed by atoms with Gasteiger partial charge in [0, 0.05) is 5.69 Å². The maximum absolute atomic E-state index is 10.8. The van der Waals surface area contributed by atoms with Crippen LogP contribution in [0.2, 0.25) is 0 Å². The molecule has 0 saturated carbocycles. The number of hydrogen-bond acceptors (Lipinski definition) is 3. The summed E-state index contributed by atoms with van der Waals surface area (Å²) in [5, 5.41) is 4.18. The lowest BCUT2D eigenvalue weighted by Crippen LogP contribution is -1.97. The average Bonchev–Trinajstić information content (AvgIpc) is 2.61. The Kier molecular flexibility index (Phi) is 4.70. The smallest absolute Gasteiger partial charge is 0.294 e. The minimum atomic E-state index is -4.09. The standard InChI is InChI=1S/C10H9N.C10H8O3S/c11-10-6-5-8-3-1-2-4-9(8)7-10;11-14(12,13)10-6-5-8-3-1-2-4-9(8)7-10/h1-7H,11H2;1-7H,(H,11,12,13).